The maximum Gasteiger partial charge on any atom is 0.416 e. The van der Waals surface area contributed by atoms with Crippen molar-refractivity contribution in [1.82, 2.24) is 5.32 Å². The zero-order valence-electron chi connectivity index (χ0n) is 14.8. The molecule has 0 aliphatic heterocycles. The number of carbonyl (C=O) groups excluding carboxylic acids is 3. The molecule has 2 aromatic rings. The molecule has 0 aromatic heterocycles. The smallest absolute Gasteiger partial charge is 0.368 e. The van der Waals surface area contributed by atoms with Crippen molar-refractivity contribution in [3.8, 4) is 0 Å². The third-order valence-electron chi connectivity index (χ3n) is 3.86. The molecule has 0 aliphatic carbocycles. The number of nitrogens with two attached hydrogens (primary N) is 1. The lowest BCUT2D eigenvalue weighted by molar-refractivity contribution is -0.138. The van der Waals surface area contributed by atoms with Crippen LogP contribution in [0.3, 0.4) is 0 Å². The third kappa shape index (κ3) is 5.57. The van der Waals surface area contributed by atoms with E-state index in [1.165, 1.54) is 49.4 Å². The van der Waals surface area contributed by atoms with Crippen molar-refractivity contribution in [1.29, 1.82) is 0 Å². The first kappa shape index (κ1) is 20.9. The minimum absolute atomic E-state index is 0.153. The molecule has 1 atom stereocenters. The van der Waals surface area contributed by atoms with E-state index in [0.29, 0.717) is 5.69 Å². The van der Waals surface area contributed by atoms with Gasteiger partial charge in [-0.2, -0.15) is 13.2 Å². The van der Waals surface area contributed by atoms with Crippen molar-refractivity contribution >= 4 is 23.4 Å². The molecule has 6 nitrogen and oxygen atoms in total. The summed E-state index contributed by atoms with van der Waals surface area (Å²) in [5, 5.41) is 4.88. The lowest BCUT2D eigenvalue weighted by Crippen LogP contribution is -2.46. The molecule has 0 heterocycles. The van der Waals surface area contributed by atoms with E-state index in [4.69, 9.17) is 5.73 Å². The first-order valence-electron chi connectivity index (χ1n) is 8.21. The highest BCUT2D eigenvalue weighted by molar-refractivity contribution is 5.98. The first-order chi connectivity index (χ1) is 13.1. The summed E-state index contributed by atoms with van der Waals surface area (Å²) >= 11 is 0. The van der Waals surface area contributed by atoms with Crippen LogP contribution in [-0.2, 0) is 22.2 Å². The van der Waals surface area contributed by atoms with Crippen molar-refractivity contribution in [3.05, 3.63) is 65.2 Å². The van der Waals surface area contributed by atoms with E-state index in [1.807, 2.05) is 0 Å². The number of primary amides is 1. The Morgan fingerprint density at radius 3 is 2.18 bits per heavy atom. The number of rotatable bonds is 6. The summed E-state index contributed by atoms with van der Waals surface area (Å²) in [5.41, 5.74) is 4.84. The number of anilines is 1. The number of amides is 3. The van der Waals surface area contributed by atoms with Gasteiger partial charge in [-0.3, -0.25) is 14.4 Å². The van der Waals surface area contributed by atoms with E-state index in [2.05, 4.69) is 10.6 Å². The molecule has 0 aliphatic rings. The van der Waals surface area contributed by atoms with Crippen LogP contribution in [0, 0.1) is 0 Å². The van der Waals surface area contributed by atoms with Gasteiger partial charge in [0.05, 0.1) is 5.56 Å². The minimum Gasteiger partial charge on any atom is -0.368 e. The number of alkyl halides is 3. The highest BCUT2D eigenvalue weighted by Crippen LogP contribution is 2.32. The lowest BCUT2D eigenvalue weighted by atomic mass is 9.99. The maximum absolute atomic E-state index is 13.1. The van der Waals surface area contributed by atoms with Crippen LogP contribution in [0.2, 0.25) is 0 Å². The van der Waals surface area contributed by atoms with E-state index in [1.54, 1.807) is 0 Å². The predicted octanol–water partition coefficient (Wildman–Crippen LogP) is 2.49. The zero-order chi connectivity index (χ0) is 20.9. The average Bonchev–Trinajstić information content (AvgIpc) is 2.60. The summed E-state index contributed by atoms with van der Waals surface area (Å²) < 4.78 is 39.4. The van der Waals surface area contributed by atoms with E-state index in [9.17, 15) is 27.6 Å². The second-order valence-electron chi connectivity index (χ2n) is 6.05. The molecule has 0 saturated carbocycles. The van der Waals surface area contributed by atoms with Gasteiger partial charge in [-0.25, -0.2) is 0 Å². The Kier molecular flexibility index (Phi) is 6.40. The molecule has 0 bridgehead atoms. The van der Waals surface area contributed by atoms with Crippen LogP contribution in [0.5, 0.6) is 0 Å². The topological polar surface area (TPSA) is 101 Å². The molecule has 0 unspecified atom stereocenters. The van der Waals surface area contributed by atoms with Gasteiger partial charge in [-0.1, -0.05) is 18.2 Å². The average molecular weight is 393 g/mol. The molecule has 0 spiro atoms. The molecular formula is C19H18F3N3O3. The van der Waals surface area contributed by atoms with Crippen LogP contribution in [0.25, 0.3) is 0 Å². The summed E-state index contributed by atoms with van der Waals surface area (Å²) in [6, 6.07) is 9.22. The van der Waals surface area contributed by atoms with Gasteiger partial charge in [0.25, 0.3) is 5.91 Å². The van der Waals surface area contributed by atoms with Gasteiger partial charge in [-0.15, -0.1) is 0 Å². The molecule has 4 N–H and O–H groups in total. The molecule has 9 heteroatoms. The molecule has 2 aromatic carbocycles. The third-order valence-corrected chi connectivity index (χ3v) is 3.86. The van der Waals surface area contributed by atoms with E-state index in [0.717, 1.165) is 6.07 Å². The number of nitrogens with one attached hydrogen (secondary N) is 2. The SMILES string of the molecule is CC(=O)Nc1ccc(C(=O)N[C@H](Cc2ccccc2C(F)(F)F)C(N)=O)cc1. The number of benzene rings is 2. The molecular weight excluding hydrogens is 375 g/mol. The van der Waals surface area contributed by atoms with Crippen molar-refractivity contribution in [2.45, 2.75) is 25.6 Å². The largest absolute Gasteiger partial charge is 0.416 e. The van der Waals surface area contributed by atoms with E-state index in [-0.39, 0.29) is 17.0 Å². The normalized spacial score (nSPS) is 12.1. The van der Waals surface area contributed by atoms with Crippen molar-refractivity contribution in [3.63, 3.8) is 0 Å². The fourth-order valence-electron chi connectivity index (χ4n) is 2.57. The van der Waals surface area contributed by atoms with Crippen LogP contribution >= 0.6 is 0 Å². The predicted molar refractivity (Wildman–Crippen MR) is 96.3 cm³/mol. The Balaban J connectivity index is 2.17. The molecule has 0 saturated heterocycles. The number of halogens is 3. The maximum atomic E-state index is 13.1. The Morgan fingerprint density at radius 2 is 1.64 bits per heavy atom. The van der Waals surface area contributed by atoms with E-state index >= 15 is 0 Å². The van der Waals surface area contributed by atoms with E-state index < -0.39 is 36.0 Å². The van der Waals surface area contributed by atoms with Gasteiger partial charge >= 0.3 is 6.18 Å². The Hall–Kier alpha value is -3.36. The summed E-state index contributed by atoms with van der Waals surface area (Å²) in [6.45, 7) is 1.33. The van der Waals surface area contributed by atoms with Gasteiger partial charge in [-0.05, 0) is 35.9 Å². The van der Waals surface area contributed by atoms with Crippen LogP contribution in [-0.4, -0.2) is 23.8 Å². The zero-order valence-corrected chi connectivity index (χ0v) is 14.8. The highest BCUT2D eigenvalue weighted by atomic mass is 19.4. The molecule has 148 valence electrons. The Labute approximate surface area is 158 Å². The molecule has 2 rings (SSSR count). The monoisotopic (exact) mass is 393 g/mol. The van der Waals surface area contributed by atoms with Crippen LogP contribution in [0.4, 0.5) is 18.9 Å². The first-order valence-corrected chi connectivity index (χ1v) is 8.21. The minimum atomic E-state index is -4.59. The Bertz CT molecular complexity index is 880. The molecule has 0 fully saturated rings. The van der Waals surface area contributed by atoms with Crippen molar-refractivity contribution < 1.29 is 27.6 Å². The van der Waals surface area contributed by atoms with Crippen LogP contribution < -0.4 is 16.4 Å². The lowest BCUT2D eigenvalue weighted by Gasteiger charge is -2.19. The quantitative estimate of drug-likeness (QED) is 0.703. The summed E-state index contributed by atoms with van der Waals surface area (Å²) in [6.07, 6.45) is -5.00. The second kappa shape index (κ2) is 8.55. The summed E-state index contributed by atoms with van der Waals surface area (Å²) in [5.74, 6) is -1.92. The van der Waals surface area contributed by atoms with Crippen molar-refractivity contribution in [2.75, 3.05) is 5.32 Å². The molecule has 0 radical (unpaired) electrons. The Morgan fingerprint density at radius 1 is 1.04 bits per heavy atom. The summed E-state index contributed by atoms with van der Waals surface area (Å²) in [7, 11) is 0. The summed E-state index contributed by atoms with van der Waals surface area (Å²) in [4.78, 5) is 35.0. The molecule has 3 amide bonds. The fourth-order valence-corrected chi connectivity index (χ4v) is 2.57. The van der Waals surface area contributed by atoms with Gasteiger partial charge in [0.15, 0.2) is 0 Å². The van der Waals surface area contributed by atoms with Gasteiger partial charge in [0.2, 0.25) is 11.8 Å². The molecule has 28 heavy (non-hydrogen) atoms. The number of hydrogen-bond donors (Lipinski definition) is 3. The van der Waals surface area contributed by atoms with Gasteiger partial charge < -0.3 is 16.4 Å². The fraction of sp³-hybridized carbons (Fsp3) is 0.211. The van der Waals surface area contributed by atoms with Crippen LogP contribution in [0.15, 0.2) is 48.5 Å². The highest BCUT2D eigenvalue weighted by Gasteiger charge is 2.34. The van der Waals surface area contributed by atoms with Crippen LogP contribution in [0.1, 0.15) is 28.4 Å². The van der Waals surface area contributed by atoms with Crippen molar-refractivity contribution in [2.24, 2.45) is 5.73 Å². The number of carbonyl (C=O) groups is 3. The van der Waals surface area contributed by atoms with Gasteiger partial charge in [0, 0.05) is 24.6 Å². The second-order valence-corrected chi connectivity index (χ2v) is 6.05. The standard InChI is InChI=1S/C19H18F3N3O3/c1-11(26)24-14-8-6-12(7-9-14)18(28)25-16(17(23)27)10-13-4-2-3-5-15(13)19(20,21)22/h2-9,16H,10H2,1H3,(H2,23,27)(H,24,26)(H,25,28)/t16-/m1/s1. The number of hydrogen-bond acceptors (Lipinski definition) is 3. The van der Waals surface area contributed by atoms with Gasteiger partial charge in [0.1, 0.15) is 6.04 Å².